The summed E-state index contributed by atoms with van der Waals surface area (Å²) in [5.74, 6) is 1.69. The van der Waals surface area contributed by atoms with Crippen molar-refractivity contribution in [1.29, 1.82) is 0 Å². The number of hydrogen-bond acceptors (Lipinski definition) is 5. The highest BCUT2D eigenvalue weighted by atomic mass is 32.2. The van der Waals surface area contributed by atoms with Gasteiger partial charge in [-0.15, -0.1) is 0 Å². The maximum absolute atomic E-state index is 11.0. The lowest BCUT2D eigenvalue weighted by Gasteiger charge is -2.32. The van der Waals surface area contributed by atoms with Crippen LogP contribution in [0.15, 0.2) is 107 Å². The molecule has 0 amide bonds. The molecule has 4 aromatic carbocycles. The number of anilines is 2. The van der Waals surface area contributed by atoms with E-state index in [0.717, 1.165) is 29.4 Å². The van der Waals surface area contributed by atoms with Gasteiger partial charge >= 0.3 is 5.97 Å². The molecule has 0 saturated carbocycles. The van der Waals surface area contributed by atoms with Crippen LogP contribution in [-0.4, -0.2) is 24.2 Å². The Kier molecular flexibility index (Phi) is 7.14. The van der Waals surface area contributed by atoms with Gasteiger partial charge in [0.1, 0.15) is 12.4 Å². The fraction of sp³-hybridized carbons (Fsp3) is 0.167. The van der Waals surface area contributed by atoms with Gasteiger partial charge in [-0.1, -0.05) is 67.2 Å². The van der Waals surface area contributed by atoms with Crippen molar-refractivity contribution in [3.63, 3.8) is 0 Å². The fourth-order valence-corrected chi connectivity index (χ4v) is 5.15. The molecule has 0 saturated heterocycles. The lowest BCUT2D eigenvalue weighted by atomic mass is 10.0. The quantitative estimate of drug-likeness (QED) is 0.236. The third-order valence-corrected chi connectivity index (χ3v) is 7.16. The third kappa shape index (κ3) is 5.66. The molecule has 1 N–H and O–H groups in total. The molecule has 4 aromatic rings. The second-order valence-corrected chi connectivity index (χ2v) is 9.76. The number of carbonyl (C=O) groups is 1. The Bertz CT molecular complexity index is 1290. The number of para-hydroxylation sites is 4. The molecule has 1 unspecified atom stereocenters. The molecule has 1 atom stereocenters. The predicted octanol–water partition coefficient (Wildman–Crippen LogP) is 7.42. The second kappa shape index (κ2) is 10.8. The molecule has 6 heteroatoms. The van der Waals surface area contributed by atoms with E-state index in [1.165, 1.54) is 21.2 Å². The van der Waals surface area contributed by atoms with Gasteiger partial charge in [0, 0.05) is 9.79 Å². The first-order valence-corrected chi connectivity index (χ1v) is 12.7. The molecule has 0 bridgehead atoms. The second-order valence-electron chi connectivity index (χ2n) is 8.67. The standard InChI is InChI=1S/C24H23NO3S.C6H4O/c1-17(24(26)27)16-18-10-12-19(13-11-18)28-15-14-25-20-6-2-4-8-22(20)29-23-9-5-3-7-21(23)25;1-2-4-6-5(3-1)7-6/h2-13,17H,14-16H2,1H3,(H,26,27);1-4H. The molecule has 2 aliphatic rings. The normalized spacial score (nSPS) is 13.1. The lowest BCUT2D eigenvalue weighted by molar-refractivity contribution is -0.141. The molecular formula is C30H27NO4S. The highest BCUT2D eigenvalue weighted by molar-refractivity contribution is 7.99. The van der Waals surface area contributed by atoms with E-state index in [1.807, 2.05) is 48.5 Å². The van der Waals surface area contributed by atoms with E-state index < -0.39 is 5.97 Å². The van der Waals surface area contributed by atoms with E-state index in [2.05, 4.69) is 53.4 Å². The van der Waals surface area contributed by atoms with Crippen LogP contribution in [0.3, 0.4) is 0 Å². The summed E-state index contributed by atoms with van der Waals surface area (Å²) in [6.07, 6.45) is 0.522. The number of ether oxygens (including phenoxy) is 2. The average molecular weight is 498 g/mol. The van der Waals surface area contributed by atoms with Crippen LogP contribution in [0.25, 0.3) is 0 Å². The zero-order chi connectivity index (χ0) is 24.9. The van der Waals surface area contributed by atoms with Crippen LogP contribution in [0.2, 0.25) is 0 Å². The smallest absolute Gasteiger partial charge is 0.306 e. The zero-order valence-corrected chi connectivity index (χ0v) is 20.8. The zero-order valence-electron chi connectivity index (χ0n) is 20.0. The number of hydrogen-bond donors (Lipinski definition) is 1. The molecule has 0 fully saturated rings. The minimum absolute atomic E-state index is 0.390. The molecular weight excluding hydrogens is 470 g/mol. The topological polar surface area (TPSA) is 62.3 Å². The highest BCUT2D eigenvalue weighted by Crippen LogP contribution is 2.47. The van der Waals surface area contributed by atoms with Crippen LogP contribution >= 0.6 is 11.8 Å². The number of fused-ring (bicyclic) bond motifs is 3. The van der Waals surface area contributed by atoms with E-state index in [1.54, 1.807) is 18.7 Å². The summed E-state index contributed by atoms with van der Waals surface area (Å²) >= 11 is 1.80. The highest BCUT2D eigenvalue weighted by Gasteiger charge is 2.22. The van der Waals surface area contributed by atoms with Crippen molar-refractivity contribution in [3.05, 3.63) is 103 Å². The van der Waals surface area contributed by atoms with Gasteiger partial charge < -0.3 is 19.5 Å². The minimum atomic E-state index is -0.773. The van der Waals surface area contributed by atoms with Crippen molar-refractivity contribution in [1.82, 2.24) is 0 Å². The van der Waals surface area contributed by atoms with Gasteiger partial charge in [0.2, 0.25) is 0 Å². The first kappa shape index (κ1) is 23.8. The number of nitrogens with zero attached hydrogens (tertiary/aromatic N) is 1. The van der Waals surface area contributed by atoms with Crippen LogP contribution < -0.4 is 14.4 Å². The van der Waals surface area contributed by atoms with Gasteiger partial charge in [0.05, 0.1) is 23.8 Å². The third-order valence-electron chi connectivity index (χ3n) is 6.03. The van der Waals surface area contributed by atoms with Gasteiger partial charge in [-0.25, -0.2) is 0 Å². The van der Waals surface area contributed by atoms with Crippen molar-refractivity contribution in [2.24, 2.45) is 5.92 Å². The first-order chi connectivity index (χ1) is 17.6. The fourth-order valence-electron chi connectivity index (χ4n) is 4.05. The summed E-state index contributed by atoms with van der Waals surface area (Å²) in [6, 6.07) is 32.4. The van der Waals surface area contributed by atoms with E-state index in [4.69, 9.17) is 14.6 Å². The number of rotatable bonds is 7. The van der Waals surface area contributed by atoms with E-state index >= 15 is 0 Å². The minimum Gasteiger partial charge on any atom is -0.492 e. The van der Waals surface area contributed by atoms with Crippen molar-refractivity contribution in [2.75, 3.05) is 18.1 Å². The molecule has 2 heterocycles. The van der Waals surface area contributed by atoms with Crippen LogP contribution in [-0.2, 0) is 11.2 Å². The van der Waals surface area contributed by atoms with Crippen molar-refractivity contribution in [2.45, 2.75) is 23.1 Å². The monoisotopic (exact) mass is 497 g/mol. The van der Waals surface area contributed by atoms with Crippen LogP contribution in [0.4, 0.5) is 11.4 Å². The van der Waals surface area contributed by atoms with E-state index in [0.29, 0.717) is 13.0 Å². The molecule has 0 aromatic heterocycles. The first-order valence-electron chi connectivity index (χ1n) is 11.9. The average Bonchev–Trinajstić information content (AvgIpc) is 3.69. The molecule has 0 spiro atoms. The molecule has 0 radical (unpaired) electrons. The van der Waals surface area contributed by atoms with Crippen molar-refractivity contribution >= 4 is 29.1 Å². The van der Waals surface area contributed by atoms with Crippen molar-refractivity contribution in [3.8, 4) is 17.2 Å². The summed E-state index contributed by atoms with van der Waals surface area (Å²) in [6.45, 7) is 3.02. The molecule has 182 valence electrons. The molecule has 36 heavy (non-hydrogen) atoms. The van der Waals surface area contributed by atoms with Gasteiger partial charge in [-0.05, 0) is 60.5 Å². The Balaban J connectivity index is 0.000000323. The molecule has 5 nitrogen and oxygen atoms in total. The van der Waals surface area contributed by atoms with Gasteiger partial charge in [0.25, 0.3) is 0 Å². The largest absolute Gasteiger partial charge is 0.492 e. The summed E-state index contributed by atoms with van der Waals surface area (Å²) in [7, 11) is 0. The number of aliphatic carboxylic acids is 1. The predicted molar refractivity (Wildman–Crippen MR) is 143 cm³/mol. The van der Waals surface area contributed by atoms with Gasteiger partial charge in [0.15, 0.2) is 11.5 Å². The molecule has 0 aliphatic carbocycles. The van der Waals surface area contributed by atoms with Crippen molar-refractivity contribution < 1.29 is 19.4 Å². The molecule has 2 aliphatic heterocycles. The Morgan fingerprint density at radius 3 is 1.97 bits per heavy atom. The number of carboxylic acid groups (broad SMARTS) is 1. The maximum Gasteiger partial charge on any atom is 0.306 e. The molecule has 6 rings (SSSR count). The van der Waals surface area contributed by atoms with Gasteiger partial charge in [-0.2, -0.15) is 0 Å². The van der Waals surface area contributed by atoms with E-state index in [9.17, 15) is 4.79 Å². The van der Waals surface area contributed by atoms with Gasteiger partial charge in [-0.3, -0.25) is 4.79 Å². The van der Waals surface area contributed by atoms with E-state index in [-0.39, 0.29) is 5.92 Å². The summed E-state index contributed by atoms with van der Waals surface area (Å²) in [5, 5.41) is 9.05. The van der Waals surface area contributed by atoms with Crippen LogP contribution in [0.5, 0.6) is 17.2 Å². The Morgan fingerprint density at radius 2 is 1.42 bits per heavy atom. The Hall–Kier alpha value is -3.90. The SMILES string of the molecule is CC(Cc1ccc(OCCN2c3ccccc3Sc3ccccc32)cc1)C(=O)O.c1ccc2c(c1)O2. The number of benzene rings is 4. The Morgan fingerprint density at radius 1 is 0.861 bits per heavy atom. The maximum atomic E-state index is 11.0. The number of carboxylic acids is 1. The lowest BCUT2D eigenvalue weighted by Crippen LogP contribution is -2.26. The van der Waals surface area contributed by atoms with Crippen LogP contribution in [0, 0.1) is 5.92 Å². The summed E-state index contributed by atoms with van der Waals surface area (Å²) in [5.41, 5.74) is 3.42. The van der Waals surface area contributed by atoms with Crippen LogP contribution in [0.1, 0.15) is 12.5 Å². The Labute approximate surface area is 215 Å². The summed E-state index contributed by atoms with van der Waals surface area (Å²) < 4.78 is 10.9. The summed E-state index contributed by atoms with van der Waals surface area (Å²) in [4.78, 5) is 15.8.